The molecular weight excluding hydrogens is 298 g/mol. The molecule has 1 heterocycles. The Morgan fingerprint density at radius 2 is 2.19 bits per heavy atom. The van der Waals surface area contributed by atoms with E-state index in [1.165, 1.54) is 0 Å². The van der Waals surface area contributed by atoms with Gasteiger partial charge in [-0.2, -0.15) is 11.8 Å². The monoisotopic (exact) mass is 319 g/mol. The van der Waals surface area contributed by atoms with Crippen molar-refractivity contribution in [2.24, 2.45) is 5.73 Å². The van der Waals surface area contributed by atoms with Crippen molar-refractivity contribution in [3.63, 3.8) is 0 Å². The first-order valence-electron chi connectivity index (χ1n) is 7.15. The van der Waals surface area contributed by atoms with Gasteiger partial charge in [-0.25, -0.2) is 0 Å². The van der Waals surface area contributed by atoms with Crippen molar-refractivity contribution in [1.29, 1.82) is 0 Å². The highest BCUT2D eigenvalue weighted by atomic mass is 32.2. The number of nitrogens with one attached hydrogen (secondary N) is 1. The summed E-state index contributed by atoms with van der Waals surface area (Å²) in [5, 5.41) is 4.64. The Morgan fingerprint density at radius 1 is 1.43 bits per heavy atom. The molecule has 1 atom stereocenters. The van der Waals surface area contributed by atoms with Gasteiger partial charge in [0, 0.05) is 17.6 Å². The highest BCUT2D eigenvalue weighted by Crippen LogP contribution is 2.27. The minimum atomic E-state index is 0.364. The lowest BCUT2D eigenvalue weighted by Gasteiger charge is -2.19. The van der Waals surface area contributed by atoms with Crippen LogP contribution in [-0.2, 0) is 0 Å². The molecule has 0 bridgehead atoms. The number of thioether (sulfide) groups is 1. The fourth-order valence-corrected chi connectivity index (χ4v) is 3.17. The van der Waals surface area contributed by atoms with E-state index < -0.39 is 0 Å². The first kappa shape index (κ1) is 16.0. The Bertz CT molecular complexity index is 628. The van der Waals surface area contributed by atoms with Crippen LogP contribution in [0.2, 0.25) is 0 Å². The lowest BCUT2D eigenvalue weighted by Crippen LogP contribution is -2.20. The molecule has 3 nitrogen and oxygen atoms in total. The van der Waals surface area contributed by atoms with Gasteiger partial charge < -0.3 is 11.1 Å². The lowest BCUT2D eigenvalue weighted by molar-refractivity contribution is 0.772. The maximum absolute atomic E-state index is 5.85. The topological polar surface area (TPSA) is 50.9 Å². The quantitative estimate of drug-likeness (QED) is 0.600. The molecule has 5 heteroatoms. The van der Waals surface area contributed by atoms with E-state index in [0.29, 0.717) is 11.0 Å². The highest BCUT2D eigenvalue weighted by molar-refractivity contribution is 7.99. The predicted octanol–water partition coefficient (Wildman–Crippen LogP) is 3.81. The largest absolute Gasteiger partial charge is 0.389 e. The molecular formula is C16H21N3S2. The second-order valence-electron chi connectivity index (χ2n) is 4.96. The number of aromatic nitrogens is 1. The molecule has 0 saturated carbocycles. The normalized spacial score (nSPS) is 12.3. The van der Waals surface area contributed by atoms with Crippen LogP contribution in [0.5, 0.6) is 0 Å². The molecule has 0 aliphatic heterocycles. The van der Waals surface area contributed by atoms with Gasteiger partial charge in [-0.15, -0.1) is 0 Å². The van der Waals surface area contributed by atoms with E-state index >= 15 is 0 Å². The number of benzene rings is 1. The van der Waals surface area contributed by atoms with Crippen molar-refractivity contribution in [3.8, 4) is 0 Å². The Morgan fingerprint density at radius 3 is 2.90 bits per heavy atom. The van der Waals surface area contributed by atoms with E-state index in [4.69, 9.17) is 18.0 Å². The molecule has 0 aliphatic rings. The van der Waals surface area contributed by atoms with E-state index in [1.54, 1.807) is 6.20 Å². The van der Waals surface area contributed by atoms with Crippen LogP contribution in [0.4, 0.5) is 5.69 Å². The zero-order valence-corrected chi connectivity index (χ0v) is 14.1. The third-order valence-electron chi connectivity index (χ3n) is 3.33. The van der Waals surface area contributed by atoms with Gasteiger partial charge in [-0.1, -0.05) is 37.3 Å². The molecule has 0 saturated heterocycles. The molecule has 21 heavy (non-hydrogen) atoms. The number of nitrogens with zero attached hydrogens (tertiary/aromatic N) is 1. The molecule has 2 aromatic rings. The first-order chi connectivity index (χ1) is 10.1. The molecule has 0 radical (unpaired) electrons. The molecule has 0 spiro atoms. The van der Waals surface area contributed by atoms with Crippen molar-refractivity contribution in [3.05, 3.63) is 36.0 Å². The summed E-state index contributed by atoms with van der Waals surface area (Å²) in [6.45, 7) is 4.37. The van der Waals surface area contributed by atoms with Crippen LogP contribution in [0, 0.1) is 0 Å². The molecule has 1 unspecified atom stereocenters. The number of fused-ring (bicyclic) bond motifs is 1. The number of hydrogen-bond acceptors (Lipinski definition) is 4. The summed E-state index contributed by atoms with van der Waals surface area (Å²) in [5.41, 5.74) is 8.62. The van der Waals surface area contributed by atoms with Crippen LogP contribution in [0.15, 0.2) is 30.5 Å². The molecule has 2 rings (SSSR count). The van der Waals surface area contributed by atoms with Gasteiger partial charge in [0.2, 0.25) is 0 Å². The molecule has 112 valence electrons. The van der Waals surface area contributed by atoms with E-state index in [-0.39, 0.29) is 0 Å². The summed E-state index contributed by atoms with van der Waals surface area (Å²) < 4.78 is 0. The number of hydrogen-bond donors (Lipinski definition) is 2. The number of pyridine rings is 1. The van der Waals surface area contributed by atoms with Gasteiger partial charge in [0.15, 0.2) is 0 Å². The van der Waals surface area contributed by atoms with Gasteiger partial charge >= 0.3 is 0 Å². The van der Waals surface area contributed by atoms with Crippen molar-refractivity contribution in [1.82, 2.24) is 4.98 Å². The Labute approximate surface area is 135 Å². The van der Waals surface area contributed by atoms with E-state index in [0.717, 1.165) is 40.1 Å². The minimum Gasteiger partial charge on any atom is -0.389 e. The standard InChI is InChI=1S/C16H21N3S2/c1-3-21-9-8-11(2)19-15-12-6-4-5-7-14(12)18-10-13(15)16(17)20/h4-7,10-11H,3,8-9H2,1-2H3,(H2,17,20)(H,18,19). The van der Waals surface area contributed by atoms with Gasteiger partial charge in [-0.05, 0) is 30.9 Å². The second kappa shape index (κ2) is 7.61. The van der Waals surface area contributed by atoms with E-state index in [9.17, 15) is 0 Å². The van der Waals surface area contributed by atoms with Gasteiger partial charge in [0.1, 0.15) is 4.99 Å². The maximum Gasteiger partial charge on any atom is 0.107 e. The summed E-state index contributed by atoms with van der Waals surface area (Å²) >= 11 is 7.12. The zero-order chi connectivity index (χ0) is 15.2. The number of para-hydroxylation sites is 1. The van der Waals surface area contributed by atoms with Crippen molar-refractivity contribution >= 4 is 45.6 Å². The molecule has 1 aromatic heterocycles. The summed E-state index contributed by atoms with van der Waals surface area (Å²) in [7, 11) is 0. The third-order valence-corrected chi connectivity index (χ3v) is 4.48. The van der Waals surface area contributed by atoms with Crippen LogP contribution in [0.3, 0.4) is 0 Å². The average molecular weight is 319 g/mol. The van der Waals surface area contributed by atoms with Gasteiger partial charge in [-0.3, -0.25) is 4.98 Å². The van der Waals surface area contributed by atoms with Gasteiger partial charge in [0.05, 0.1) is 16.8 Å². The first-order valence-corrected chi connectivity index (χ1v) is 8.71. The minimum absolute atomic E-state index is 0.364. The maximum atomic E-state index is 5.85. The van der Waals surface area contributed by atoms with Crippen molar-refractivity contribution in [2.75, 3.05) is 16.8 Å². The highest BCUT2D eigenvalue weighted by Gasteiger charge is 2.13. The summed E-state index contributed by atoms with van der Waals surface area (Å²) in [4.78, 5) is 4.81. The SMILES string of the molecule is CCSCCC(C)Nc1c(C(N)=S)cnc2ccccc12. The third kappa shape index (κ3) is 4.08. The molecule has 3 N–H and O–H groups in total. The van der Waals surface area contributed by atoms with Crippen LogP contribution in [0.25, 0.3) is 10.9 Å². The predicted molar refractivity (Wildman–Crippen MR) is 98.3 cm³/mol. The fraction of sp³-hybridized carbons (Fsp3) is 0.375. The average Bonchev–Trinajstić information content (AvgIpc) is 2.47. The Hall–Kier alpha value is -1.33. The zero-order valence-electron chi connectivity index (χ0n) is 12.4. The smallest absolute Gasteiger partial charge is 0.107 e. The second-order valence-corrected chi connectivity index (χ2v) is 6.79. The molecule has 1 aromatic carbocycles. The van der Waals surface area contributed by atoms with Crippen LogP contribution in [-0.4, -0.2) is 27.5 Å². The van der Waals surface area contributed by atoms with E-state index in [2.05, 4.69) is 30.2 Å². The van der Waals surface area contributed by atoms with Crippen LogP contribution >= 0.6 is 24.0 Å². The number of nitrogens with two attached hydrogens (primary N) is 1. The molecule has 0 fully saturated rings. The van der Waals surface area contributed by atoms with Crippen LogP contribution < -0.4 is 11.1 Å². The fourth-order valence-electron chi connectivity index (χ4n) is 2.21. The number of anilines is 1. The molecule has 0 amide bonds. The van der Waals surface area contributed by atoms with Crippen LogP contribution in [0.1, 0.15) is 25.8 Å². The molecule has 0 aliphatic carbocycles. The lowest BCUT2D eigenvalue weighted by atomic mass is 10.1. The van der Waals surface area contributed by atoms with E-state index in [1.807, 2.05) is 30.0 Å². The van der Waals surface area contributed by atoms with Crippen molar-refractivity contribution < 1.29 is 0 Å². The Balaban J connectivity index is 2.31. The van der Waals surface area contributed by atoms with Gasteiger partial charge in [0.25, 0.3) is 0 Å². The summed E-state index contributed by atoms with van der Waals surface area (Å²) in [5.74, 6) is 2.30. The number of thiocarbonyl (C=S) groups is 1. The Kier molecular flexibility index (Phi) is 5.82. The number of rotatable bonds is 7. The van der Waals surface area contributed by atoms with Crippen molar-refractivity contribution in [2.45, 2.75) is 26.3 Å². The summed E-state index contributed by atoms with van der Waals surface area (Å²) in [6, 6.07) is 8.42. The summed E-state index contributed by atoms with van der Waals surface area (Å²) in [6.07, 6.45) is 2.87.